The zero-order chi connectivity index (χ0) is 14.0. The minimum absolute atomic E-state index is 0.0797. The number of carbonyl (C=O) groups is 1. The van der Waals surface area contributed by atoms with Gasteiger partial charge in [-0.05, 0) is 35.4 Å². The van der Waals surface area contributed by atoms with Crippen LogP contribution in [0.1, 0.15) is 15.9 Å². The van der Waals surface area contributed by atoms with Crippen LogP contribution in [0.5, 0.6) is 0 Å². The van der Waals surface area contributed by atoms with Gasteiger partial charge < -0.3 is 0 Å². The first-order valence-electron chi connectivity index (χ1n) is 5.33. The summed E-state index contributed by atoms with van der Waals surface area (Å²) in [5.74, 6) is -0.971. The molecule has 0 aromatic heterocycles. The zero-order valence-corrected chi connectivity index (χ0v) is 9.54. The molecule has 98 valence electrons. The average molecular weight is 268 g/mol. The molecule has 2 rings (SSSR count). The van der Waals surface area contributed by atoms with E-state index in [1.54, 1.807) is 0 Å². The van der Waals surface area contributed by atoms with Crippen molar-refractivity contribution in [2.45, 2.75) is 6.18 Å². The minimum atomic E-state index is -4.61. The number of rotatable bonds is 2. The van der Waals surface area contributed by atoms with Crippen LogP contribution < -0.4 is 0 Å². The Morgan fingerprint density at radius 2 is 1.68 bits per heavy atom. The Morgan fingerprint density at radius 3 is 2.32 bits per heavy atom. The van der Waals surface area contributed by atoms with Crippen LogP contribution in [0, 0.1) is 5.82 Å². The van der Waals surface area contributed by atoms with Crippen molar-refractivity contribution < 1.29 is 22.4 Å². The van der Waals surface area contributed by atoms with Gasteiger partial charge in [0.25, 0.3) is 0 Å². The number of halogens is 4. The van der Waals surface area contributed by atoms with Gasteiger partial charge in [0.1, 0.15) is 12.1 Å². The van der Waals surface area contributed by atoms with E-state index in [1.165, 1.54) is 24.3 Å². The van der Waals surface area contributed by atoms with Crippen LogP contribution >= 0.6 is 0 Å². The molecule has 0 saturated heterocycles. The van der Waals surface area contributed by atoms with Crippen molar-refractivity contribution in [2.24, 2.45) is 0 Å². The summed E-state index contributed by atoms with van der Waals surface area (Å²) < 4.78 is 51.0. The maximum atomic E-state index is 13.3. The molecule has 1 nitrogen and oxygen atoms in total. The summed E-state index contributed by atoms with van der Waals surface area (Å²) in [7, 11) is 0. The highest BCUT2D eigenvalue weighted by Crippen LogP contribution is 2.33. The lowest BCUT2D eigenvalue weighted by Crippen LogP contribution is -2.05. The van der Waals surface area contributed by atoms with Crippen molar-refractivity contribution in [3.8, 4) is 11.1 Å². The van der Waals surface area contributed by atoms with Crippen LogP contribution in [-0.2, 0) is 6.18 Å². The molecule has 5 heteroatoms. The standard InChI is InChI=1S/C14H8F4O/c15-13-6-11(5-12(7-13)14(16,17)18)10-3-1-2-9(4-10)8-19/h1-8H. The molecule has 0 amide bonds. The van der Waals surface area contributed by atoms with E-state index in [-0.39, 0.29) is 5.56 Å². The molecule has 2 aromatic carbocycles. The van der Waals surface area contributed by atoms with Gasteiger partial charge in [0.2, 0.25) is 0 Å². The molecule has 0 aliphatic carbocycles. The van der Waals surface area contributed by atoms with Crippen molar-refractivity contribution in [3.63, 3.8) is 0 Å². The summed E-state index contributed by atoms with van der Waals surface area (Å²) in [6, 6.07) is 8.25. The number of hydrogen-bond acceptors (Lipinski definition) is 1. The van der Waals surface area contributed by atoms with Crippen LogP contribution in [0.4, 0.5) is 17.6 Å². The first-order valence-corrected chi connectivity index (χ1v) is 5.33. The van der Waals surface area contributed by atoms with Gasteiger partial charge in [0, 0.05) is 5.56 Å². The third-order valence-electron chi connectivity index (χ3n) is 2.58. The summed E-state index contributed by atoms with van der Waals surface area (Å²) >= 11 is 0. The fourth-order valence-electron chi connectivity index (χ4n) is 1.71. The Morgan fingerprint density at radius 1 is 0.947 bits per heavy atom. The van der Waals surface area contributed by atoms with E-state index in [2.05, 4.69) is 0 Å². The number of carbonyl (C=O) groups excluding carboxylic acids is 1. The smallest absolute Gasteiger partial charge is 0.298 e. The quantitative estimate of drug-likeness (QED) is 0.585. The number of aldehydes is 1. The summed E-state index contributed by atoms with van der Waals surface area (Å²) in [6.07, 6.45) is -4.04. The van der Waals surface area contributed by atoms with Gasteiger partial charge >= 0.3 is 6.18 Å². The zero-order valence-electron chi connectivity index (χ0n) is 9.54. The van der Waals surface area contributed by atoms with Gasteiger partial charge in [0.05, 0.1) is 5.56 Å². The molecular formula is C14H8F4O. The van der Waals surface area contributed by atoms with Crippen LogP contribution in [0.2, 0.25) is 0 Å². The molecule has 0 bridgehead atoms. The highest BCUT2D eigenvalue weighted by molar-refractivity contribution is 5.79. The molecule has 0 heterocycles. The van der Waals surface area contributed by atoms with E-state index in [0.717, 1.165) is 12.1 Å². The van der Waals surface area contributed by atoms with Crippen molar-refractivity contribution in [3.05, 3.63) is 59.4 Å². The average Bonchev–Trinajstić information content (AvgIpc) is 2.37. The largest absolute Gasteiger partial charge is 0.416 e. The van der Waals surface area contributed by atoms with Crippen LogP contribution in [0.3, 0.4) is 0 Å². The summed E-state index contributed by atoms with van der Waals surface area (Å²) in [5.41, 5.74) is -0.306. The van der Waals surface area contributed by atoms with Crippen LogP contribution in [0.15, 0.2) is 42.5 Å². The maximum Gasteiger partial charge on any atom is 0.416 e. The molecule has 0 spiro atoms. The minimum Gasteiger partial charge on any atom is -0.298 e. The first-order chi connectivity index (χ1) is 8.90. The summed E-state index contributed by atoms with van der Waals surface area (Å²) in [5, 5.41) is 0. The van der Waals surface area contributed by atoms with Crippen LogP contribution in [0.25, 0.3) is 11.1 Å². The van der Waals surface area contributed by atoms with E-state index >= 15 is 0 Å². The molecule has 0 N–H and O–H groups in total. The molecule has 0 atom stereocenters. The van der Waals surface area contributed by atoms with E-state index in [1.807, 2.05) is 0 Å². The lowest BCUT2D eigenvalue weighted by atomic mass is 10.0. The molecule has 19 heavy (non-hydrogen) atoms. The molecule has 0 unspecified atom stereocenters. The van der Waals surface area contributed by atoms with E-state index in [4.69, 9.17) is 0 Å². The Labute approximate surface area is 106 Å². The normalized spacial score (nSPS) is 11.4. The van der Waals surface area contributed by atoms with Gasteiger partial charge in [-0.1, -0.05) is 18.2 Å². The Hall–Kier alpha value is -2.17. The predicted octanol–water partition coefficient (Wildman–Crippen LogP) is 4.32. The van der Waals surface area contributed by atoms with Crippen molar-refractivity contribution >= 4 is 6.29 Å². The Balaban J connectivity index is 2.55. The molecule has 0 saturated carbocycles. The van der Waals surface area contributed by atoms with E-state index in [0.29, 0.717) is 23.5 Å². The molecule has 0 aliphatic rings. The van der Waals surface area contributed by atoms with E-state index in [9.17, 15) is 22.4 Å². The van der Waals surface area contributed by atoms with Gasteiger partial charge in [-0.2, -0.15) is 13.2 Å². The van der Waals surface area contributed by atoms with Gasteiger partial charge in [0.15, 0.2) is 0 Å². The topological polar surface area (TPSA) is 17.1 Å². The van der Waals surface area contributed by atoms with Gasteiger partial charge in [-0.25, -0.2) is 4.39 Å². The second-order valence-corrected chi connectivity index (χ2v) is 3.97. The fourth-order valence-corrected chi connectivity index (χ4v) is 1.71. The molecule has 0 radical (unpaired) electrons. The second kappa shape index (κ2) is 4.84. The van der Waals surface area contributed by atoms with Crippen molar-refractivity contribution in [1.82, 2.24) is 0 Å². The van der Waals surface area contributed by atoms with E-state index < -0.39 is 17.6 Å². The Kier molecular flexibility index (Phi) is 3.38. The second-order valence-electron chi connectivity index (χ2n) is 3.97. The molecule has 2 aromatic rings. The third-order valence-corrected chi connectivity index (χ3v) is 2.58. The number of benzene rings is 2. The number of alkyl halides is 3. The highest BCUT2D eigenvalue weighted by Gasteiger charge is 2.31. The molecular weight excluding hydrogens is 260 g/mol. The predicted molar refractivity (Wildman–Crippen MR) is 62.2 cm³/mol. The van der Waals surface area contributed by atoms with Crippen LogP contribution in [-0.4, -0.2) is 6.29 Å². The van der Waals surface area contributed by atoms with Gasteiger partial charge in [-0.3, -0.25) is 4.79 Å². The lowest BCUT2D eigenvalue weighted by Gasteiger charge is -2.10. The maximum absolute atomic E-state index is 13.3. The lowest BCUT2D eigenvalue weighted by molar-refractivity contribution is -0.137. The monoisotopic (exact) mass is 268 g/mol. The summed E-state index contributed by atoms with van der Waals surface area (Å²) in [4.78, 5) is 10.6. The SMILES string of the molecule is O=Cc1cccc(-c2cc(F)cc(C(F)(F)F)c2)c1. The van der Waals surface area contributed by atoms with Crippen molar-refractivity contribution in [1.29, 1.82) is 0 Å². The molecule has 0 aliphatic heterocycles. The fraction of sp³-hybridized carbons (Fsp3) is 0.0714. The number of hydrogen-bond donors (Lipinski definition) is 0. The van der Waals surface area contributed by atoms with Crippen molar-refractivity contribution in [2.75, 3.05) is 0 Å². The molecule has 0 fully saturated rings. The highest BCUT2D eigenvalue weighted by atomic mass is 19.4. The summed E-state index contributed by atoms with van der Waals surface area (Å²) in [6.45, 7) is 0. The third kappa shape index (κ3) is 2.99. The van der Waals surface area contributed by atoms with Gasteiger partial charge in [-0.15, -0.1) is 0 Å². The first kappa shape index (κ1) is 13.3. The Bertz CT molecular complexity index is 617.